The van der Waals surface area contributed by atoms with Gasteiger partial charge in [0, 0.05) is 6.54 Å². The first-order chi connectivity index (χ1) is 15.0. The summed E-state index contributed by atoms with van der Waals surface area (Å²) >= 11 is 0. The van der Waals surface area contributed by atoms with E-state index in [1.54, 1.807) is 6.92 Å². The number of hydrogen-bond donors (Lipinski definition) is 6. The van der Waals surface area contributed by atoms with Crippen molar-refractivity contribution in [3.05, 3.63) is 40.1 Å². The van der Waals surface area contributed by atoms with Gasteiger partial charge in [0.15, 0.2) is 0 Å². The van der Waals surface area contributed by atoms with Gasteiger partial charge < -0.3 is 26.4 Å². The highest BCUT2D eigenvalue weighted by molar-refractivity contribution is 6.43. The molecule has 7 N–H and O–H groups in total. The van der Waals surface area contributed by atoms with Crippen LogP contribution in [0, 0.1) is 23.6 Å². The third-order valence-corrected chi connectivity index (χ3v) is 4.49. The van der Waals surface area contributed by atoms with Crippen LogP contribution < -0.4 is 21.8 Å². The molecule has 1 rings (SSSR count). The fourth-order valence-corrected chi connectivity index (χ4v) is 2.94. The van der Waals surface area contributed by atoms with Crippen molar-refractivity contribution >= 4 is 24.9 Å². The van der Waals surface area contributed by atoms with Crippen molar-refractivity contribution in [2.75, 3.05) is 6.54 Å². The molecule has 0 unspecified atom stereocenters. The number of benzene rings is 1. The van der Waals surface area contributed by atoms with Crippen LogP contribution in [0.15, 0.2) is 28.5 Å². The first kappa shape index (κ1) is 27.0. The average molecular weight is 452 g/mol. The number of nitrogens with zero attached hydrogens (tertiary/aromatic N) is 2. The first-order valence-electron chi connectivity index (χ1n) is 10.2. The standard InChI is InChI=1S/C19H30BFN6O5/c1-11(2)9-16(20(30)31)25-18(29)15(5-4-8-23-19(22)26-27-32)24-17(28)13-10-12(3)6-7-14(13)21/h6-7,10-11,15-16,30-31H,4-5,8-9H2,1-3H3,(H,24,28)(H,25,29)(H3,22,23,26,32)/t15-,16-/m0/s1. The maximum Gasteiger partial charge on any atom is 0.475 e. The molecule has 0 aliphatic heterocycles. The Kier molecular flexibility index (Phi) is 11.3. The molecule has 0 saturated carbocycles. The molecule has 0 aromatic heterocycles. The second kappa shape index (κ2) is 13.4. The minimum Gasteiger partial charge on any atom is -0.426 e. The Hall–Kier alpha value is -3.06. The number of guanidine groups is 1. The summed E-state index contributed by atoms with van der Waals surface area (Å²) in [5.41, 5.74) is 7.77. The Morgan fingerprint density at radius 2 is 1.94 bits per heavy atom. The first-order valence-corrected chi connectivity index (χ1v) is 10.2. The summed E-state index contributed by atoms with van der Waals surface area (Å²) in [6.45, 7) is 5.52. The van der Waals surface area contributed by atoms with Gasteiger partial charge in [0.05, 0.1) is 16.8 Å². The summed E-state index contributed by atoms with van der Waals surface area (Å²) in [6.07, 6.45) is 0.653. The van der Waals surface area contributed by atoms with Crippen LogP contribution in [0.5, 0.6) is 0 Å². The zero-order valence-electron chi connectivity index (χ0n) is 18.3. The molecule has 32 heavy (non-hydrogen) atoms. The SMILES string of the molecule is Cc1ccc(F)c(C(=O)N[C@@H](CCCN=C(N)NN=O)C(=O)N[C@@H](CC(C)C)B(O)O)c1. The summed E-state index contributed by atoms with van der Waals surface area (Å²) in [5.74, 6) is -3.27. The normalized spacial score (nSPS) is 13.3. The lowest BCUT2D eigenvalue weighted by atomic mass is 9.75. The van der Waals surface area contributed by atoms with Gasteiger partial charge in [0.2, 0.25) is 11.9 Å². The van der Waals surface area contributed by atoms with Crippen molar-refractivity contribution in [3.8, 4) is 0 Å². The van der Waals surface area contributed by atoms with Gasteiger partial charge >= 0.3 is 7.12 Å². The van der Waals surface area contributed by atoms with Crippen LogP contribution in [0.1, 0.15) is 49.0 Å². The molecule has 2 amide bonds. The van der Waals surface area contributed by atoms with Crippen molar-refractivity contribution in [3.63, 3.8) is 0 Å². The highest BCUT2D eigenvalue weighted by Crippen LogP contribution is 2.12. The molecule has 176 valence electrons. The van der Waals surface area contributed by atoms with E-state index in [1.807, 2.05) is 19.3 Å². The Balaban J connectivity index is 2.96. The highest BCUT2D eigenvalue weighted by Gasteiger charge is 2.30. The van der Waals surface area contributed by atoms with Gasteiger partial charge in [-0.2, -0.15) is 0 Å². The molecule has 0 fully saturated rings. The zero-order valence-corrected chi connectivity index (χ0v) is 18.3. The van der Waals surface area contributed by atoms with E-state index in [0.29, 0.717) is 12.0 Å². The van der Waals surface area contributed by atoms with Gasteiger partial charge in [-0.25, -0.2) is 9.82 Å². The summed E-state index contributed by atoms with van der Waals surface area (Å²) in [4.78, 5) is 39.4. The van der Waals surface area contributed by atoms with Crippen LogP contribution >= 0.6 is 0 Å². The Morgan fingerprint density at radius 1 is 1.25 bits per heavy atom. The monoisotopic (exact) mass is 452 g/mol. The van der Waals surface area contributed by atoms with Crippen LogP contribution in [0.4, 0.5) is 4.39 Å². The smallest absolute Gasteiger partial charge is 0.426 e. The van der Waals surface area contributed by atoms with Gasteiger partial charge in [-0.1, -0.05) is 25.5 Å². The third-order valence-electron chi connectivity index (χ3n) is 4.49. The molecule has 0 heterocycles. The van der Waals surface area contributed by atoms with Crippen LogP contribution in [-0.4, -0.2) is 53.5 Å². The molecule has 0 aliphatic carbocycles. The van der Waals surface area contributed by atoms with E-state index < -0.39 is 36.7 Å². The Labute approximate surface area is 186 Å². The summed E-state index contributed by atoms with van der Waals surface area (Å²) in [6, 6.07) is 2.93. The maximum atomic E-state index is 14.1. The molecule has 1 aromatic carbocycles. The lowest BCUT2D eigenvalue weighted by molar-refractivity contribution is -0.123. The van der Waals surface area contributed by atoms with Crippen molar-refractivity contribution in [1.82, 2.24) is 16.1 Å². The second-order valence-corrected chi connectivity index (χ2v) is 7.78. The van der Waals surface area contributed by atoms with Crippen LogP contribution in [-0.2, 0) is 4.79 Å². The Morgan fingerprint density at radius 3 is 2.53 bits per heavy atom. The second-order valence-electron chi connectivity index (χ2n) is 7.78. The van der Waals surface area contributed by atoms with Crippen LogP contribution in [0.25, 0.3) is 0 Å². The van der Waals surface area contributed by atoms with Gasteiger partial charge in [-0.15, -0.1) is 4.91 Å². The van der Waals surface area contributed by atoms with E-state index in [-0.39, 0.29) is 36.8 Å². The summed E-state index contributed by atoms with van der Waals surface area (Å²) in [5, 5.41) is 26.5. The number of carbonyl (C=O) groups excluding carboxylic acids is 2. The van der Waals surface area contributed by atoms with E-state index in [2.05, 4.69) is 20.9 Å². The lowest BCUT2D eigenvalue weighted by Gasteiger charge is -2.24. The summed E-state index contributed by atoms with van der Waals surface area (Å²) in [7, 11) is -1.79. The number of aliphatic imine (C=N–C) groups is 1. The van der Waals surface area contributed by atoms with Crippen molar-refractivity contribution in [2.24, 2.45) is 21.9 Å². The fourth-order valence-electron chi connectivity index (χ4n) is 2.94. The van der Waals surface area contributed by atoms with Crippen molar-refractivity contribution < 1.29 is 24.0 Å². The van der Waals surface area contributed by atoms with Crippen LogP contribution in [0.2, 0.25) is 0 Å². The number of nitrogens with two attached hydrogens (primary N) is 1. The number of nitroso groups, excluding NO2 is 1. The molecule has 0 spiro atoms. The van der Waals surface area contributed by atoms with Gasteiger partial charge in [0.25, 0.3) is 5.91 Å². The quantitative estimate of drug-likeness (QED) is 0.0652. The molecule has 0 bridgehead atoms. The molecular formula is C19H30BFN6O5. The number of hydrogen-bond acceptors (Lipinski definition) is 7. The van der Waals surface area contributed by atoms with E-state index in [0.717, 1.165) is 6.07 Å². The van der Waals surface area contributed by atoms with Gasteiger partial charge in [-0.3, -0.25) is 14.6 Å². The number of carbonyl (C=O) groups is 2. The number of nitrogens with one attached hydrogen (secondary N) is 3. The van der Waals surface area contributed by atoms with Crippen molar-refractivity contribution in [1.29, 1.82) is 0 Å². The minimum absolute atomic E-state index is 0.0628. The maximum absolute atomic E-state index is 14.1. The molecule has 1 aromatic rings. The predicted molar refractivity (Wildman–Crippen MR) is 119 cm³/mol. The minimum atomic E-state index is -1.79. The molecule has 0 saturated heterocycles. The van der Waals surface area contributed by atoms with E-state index in [1.165, 1.54) is 12.1 Å². The lowest BCUT2D eigenvalue weighted by Crippen LogP contribution is -2.54. The largest absolute Gasteiger partial charge is 0.475 e. The Bertz CT molecular complexity index is 823. The number of rotatable bonds is 12. The summed E-state index contributed by atoms with van der Waals surface area (Å²) < 4.78 is 14.1. The van der Waals surface area contributed by atoms with Crippen molar-refractivity contribution in [2.45, 2.75) is 52.0 Å². The number of halogens is 1. The molecule has 2 atom stereocenters. The molecular weight excluding hydrogens is 422 g/mol. The van der Waals surface area contributed by atoms with E-state index >= 15 is 0 Å². The number of amides is 2. The zero-order chi connectivity index (χ0) is 24.3. The predicted octanol–water partition coefficient (Wildman–Crippen LogP) is 0.141. The van der Waals surface area contributed by atoms with Crippen LogP contribution in [0.3, 0.4) is 0 Å². The topological polar surface area (TPSA) is 178 Å². The van der Waals surface area contributed by atoms with E-state index in [4.69, 9.17) is 5.73 Å². The van der Waals surface area contributed by atoms with Gasteiger partial charge in [0.1, 0.15) is 11.9 Å². The molecule has 13 heteroatoms. The highest BCUT2D eigenvalue weighted by atomic mass is 19.1. The fraction of sp³-hybridized carbons (Fsp3) is 0.526. The van der Waals surface area contributed by atoms with Gasteiger partial charge in [-0.05, 0) is 44.2 Å². The molecule has 11 nitrogen and oxygen atoms in total. The molecule has 0 aliphatic rings. The average Bonchev–Trinajstić information content (AvgIpc) is 2.71. The van der Waals surface area contributed by atoms with E-state index in [9.17, 15) is 28.9 Å². The third kappa shape index (κ3) is 9.39. The number of aryl methyl sites for hydroxylation is 1. The molecule has 0 radical (unpaired) electrons.